The van der Waals surface area contributed by atoms with Crippen LogP contribution in [0.4, 0.5) is 5.69 Å². The lowest BCUT2D eigenvalue weighted by Gasteiger charge is -2.08. The Hall–Kier alpha value is -1.35. The van der Waals surface area contributed by atoms with E-state index in [9.17, 15) is 0 Å². The summed E-state index contributed by atoms with van der Waals surface area (Å²) in [6, 6.07) is 8.21. The summed E-state index contributed by atoms with van der Waals surface area (Å²) in [5.41, 5.74) is 9.27. The molecule has 3 heteroatoms. The second kappa shape index (κ2) is 5.33. The van der Waals surface area contributed by atoms with Crippen LogP contribution in [0.2, 0.25) is 0 Å². The maximum Gasteiger partial charge on any atom is 0.0962 e. The fourth-order valence-electron chi connectivity index (χ4n) is 2.68. The zero-order valence-corrected chi connectivity index (χ0v) is 12.2. The van der Waals surface area contributed by atoms with E-state index in [4.69, 9.17) is 10.7 Å². The Morgan fingerprint density at radius 1 is 1.21 bits per heavy atom. The lowest BCUT2D eigenvalue weighted by atomic mass is 10.0. The molecule has 19 heavy (non-hydrogen) atoms. The van der Waals surface area contributed by atoms with Gasteiger partial charge >= 0.3 is 0 Å². The first kappa shape index (κ1) is 12.7. The van der Waals surface area contributed by atoms with Gasteiger partial charge in [-0.05, 0) is 49.8 Å². The third-order valence-corrected chi connectivity index (χ3v) is 5.19. The normalized spacial score (nSPS) is 16.1. The SMILES string of the molecule is CC(Cc1ccc(N)cc1)c1nc2c(s1)CCCC2. The van der Waals surface area contributed by atoms with E-state index in [1.807, 2.05) is 23.5 Å². The number of benzene rings is 1. The highest BCUT2D eigenvalue weighted by Crippen LogP contribution is 2.31. The predicted molar refractivity (Wildman–Crippen MR) is 81.7 cm³/mol. The fourth-order valence-corrected chi connectivity index (χ4v) is 3.88. The van der Waals surface area contributed by atoms with Gasteiger partial charge in [0.25, 0.3) is 0 Å². The molecule has 1 unspecified atom stereocenters. The zero-order chi connectivity index (χ0) is 13.2. The van der Waals surface area contributed by atoms with Crippen molar-refractivity contribution in [3.05, 3.63) is 45.4 Å². The highest BCUT2D eigenvalue weighted by Gasteiger charge is 2.18. The minimum absolute atomic E-state index is 0.499. The Morgan fingerprint density at radius 3 is 2.68 bits per heavy atom. The molecule has 2 nitrogen and oxygen atoms in total. The summed E-state index contributed by atoms with van der Waals surface area (Å²) in [5.74, 6) is 0.499. The third-order valence-electron chi connectivity index (χ3n) is 3.81. The molecule has 100 valence electrons. The van der Waals surface area contributed by atoms with Crippen LogP contribution in [0.5, 0.6) is 0 Å². The maximum atomic E-state index is 5.72. The summed E-state index contributed by atoms with van der Waals surface area (Å²) in [7, 11) is 0. The minimum Gasteiger partial charge on any atom is -0.399 e. The van der Waals surface area contributed by atoms with Crippen molar-refractivity contribution >= 4 is 17.0 Å². The van der Waals surface area contributed by atoms with Gasteiger partial charge < -0.3 is 5.73 Å². The molecule has 0 fully saturated rings. The van der Waals surface area contributed by atoms with E-state index in [1.165, 1.54) is 46.8 Å². The molecule has 1 aliphatic rings. The van der Waals surface area contributed by atoms with Crippen molar-refractivity contribution in [3.63, 3.8) is 0 Å². The molecule has 1 aliphatic carbocycles. The van der Waals surface area contributed by atoms with Gasteiger partial charge in [0, 0.05) is 16.5 Å². The number of aryl methyl sites for hydroxylation is 2. The summed E-state index contributed by atoms with van der Waals surface area (Å²) in [4.78, 5) is 6.39. The molecule has 1 aromatic carbocycles. The van der Waals surface area contributed by atoms with Gasteiger partial charge in [-0.15, -0.1) is 11.3 Å². The number of thiazole rings is 1. The number of nitrogen functional groups attached to an aromatic ring is 1. The molecular weight excluding hydrogens is 252 g/mol. The van der Waals surface area contributed by atoms with Crippen LogP contribution in [0.25, 0.3) is 0 Å². The molecule has 0 amide bonds. The number of rotatable bonds is 3. The van der Waals surface area contributed by atoms with E-state index in [1.54, 1.807) is 0 Å². The van der Waals surface area contributed by atoms with Crippen LogP contribution in [-0.2, 0) is 19.3 Å². The second-order valence-electron chi connectivity index (χ2n) is 5.48. The number of nitrogens with zero attached hydrogens (tertiary/aromatic N) is 1. The first-order chi connectivity index (χ1) is 9.22. The Morgan fingerprint density at radius 2 is 1.95 bits per heavy atom. The van der Waals surface area contributed by atoms with Gasteiger partial charge in [0.1, 0.15) is 0 Å². The van der Waals surface area contributed by atoms with Crippen molar-refractivity contribution in [2.75, 3.05) is 5.73 Å². The molecule has 1 heterocycles. The third kappa shape index (κ3) is 2.81. The monoisotopic (exact) mass is 272 g/mol. The van der Waals surface area contributed by atoms with Gasteiger partial charge in [0.2, 0.25) is 0 Å². The summed E-state index contributed by atoms with van der Waals surface area (Å²) < 4.78 is 0. The summed E-state index contributed by atoms with van der Waals surface area (Å²) in [6.45, 7) is 2.28. The van der Waals surface area contributed by atoms with E-state index in [2.05, 4.69) is 19.1 Å². The van der Waals surface area contributed by atoms with Crippen molar-refractivity contribution < 1.29 is 0 Å². The fraction of sp³-hybridized carbons (Fsp3) is 0.438. The van der Waals surface area contributed by atoms with Crippen LogP contribution >= 0.6 is 11.3 Å². The molecule has 2 N–H and O–H groups in total. The minimum atomic E-state index is 0.499. The molecule has 0 radical (unpaired) electrons. The van der Waals surface area contributed by atoms with Crippen LogP contribution in [-0.4, -0.2) is 4.98 Å². The molecule has 0 saturated carbocycles. The Labute approximate surface area is 118 Å². The quantitative estimate of drug-likeness (QED) is 0.859. The van der Waals surface area contributed by atoms with E-state index >= 15 is 0 Å². The van der Waals surface area contributed by atoms with E-state index < -0.39 is 0 Å². The summed E-state index contributed by atoms with van der Waals surface area (Å²) >= 11 is 1.93. The van der Waals surface area contributed by atoms with Crippen molar-refractivity contribution in [1.29, 1.82) is 0 Å². The number of anilines is 1. The van der Waals surface area contributed by atoms with Crippen LogP contribution in [0.3, 0.4) is 0 Å². The Balaban J connectivity index is 1.74. The highest BCUT2D eigenvalue weighted by atomic mass is 32.1. The maximum absolute atomic E-state index is 5.72. The Bertz CT molecular complexity index is 533. The summed E-state index contributed by atoms with van der Waals surface area (Å²) in [5, 5.41) is 1.31. The topological polar surface area (TPSA) is 38.9 Å². The standard InChI is InChI=1S/C16H20N2S/c1-11(10-12-6-8-13(17)9-7-12)16-18-14-4-2-3-5-15(14)19-16/h6-9,11H,2-5,10,17H2,1H3. The molecule has 0 bridgehead atoms. The molecule has 1 aromatic heterocycles. The smallest absolute Gasteiger partial charge is 0.0962 e. The lowest BCUT2D eigenvalue weighted by Crippen LogP contribution is -2.01. The highest BCUT2D eigenvalue weighted by molar-refractivity contribution is 7.11. The van der Waals surface area contributed by atoms with Crippen molar-refractivity contribution in [3.8, 4) is 0 Å². The van der Waals surface area contributed by atoms with Crippen LogP contribution < -0.4 is 5.73 Å². The Kier molecular flexibility index (Phi) is 3.56. The number of hydrogen-bond acceptors (Lipinski definition) is 3. The van der Waals surface area contributed by atoms with Gasteiger partial charge in [-0.1, -0.05) is 19.1 Å². The number of nitrogens with two attached hydrogens (primary N) is 1. The lowest BCUT2D eigenvalue weighted by molar-refractivity contribution is 0.674. The number of fused-ring (bicyclic) bond motifs is 1. The average molecular weight is 272 g/mol. The van der Waals surface area contributed by atoms with Crippen molar-refractivity contribution in [1.82, 2.24) is 4.98 Å². The largest absolute Gasteiger partial charge is 0.399 e. The second-order valence-corrected chi connectivity index (χ2v) is 6.59. The van der Waals surface area contributed by atoms with Gasteiger partial charge in [-0.3, -0.25) is 0 Å². The first-order valence-corrected chi connectivity index (χ1v) is 7.87. The molecular formula is C16H20N2S. The molecule has 0 saturated heterocycles. The molecule has 2 aromatic rings. The number of aromatic nitrogens is 1. The van der Waals surface area contributed by atoms with Crippen LogP contribution in [0.15, 0.2) is 24.3 Å². The molecule has 0 spiro atoms. The molecule has 1 atom stereocenters. The van der Waals surface area contributed by atoms with Crippen molar-refractivity contribution in [2.24, 2.45) is 0 Å². The van der Waals surface area contributed by atoms with E-state index in [0.29, 0.717) is 5.92 Å². The number of hydrogen-bond donors (Lipinski definition) is 1. The molecule has 3 rings (SSSR count). The van der Waals surface area contributed by atoms with Gasteiger partial charge in [0.05, 0.1) is 10.7 Å². The van der Waals surface area contributed by atoms with E-state index in [0.717, 1.165) is 12.1 Å². The zero-order valence-electron chi connectivity index (χ0n) is 11.4. The van der Waals surface area contributed by atoms with Crippen LogP contribution in [0, 0.1) is 0 Å². The van der Waals surface area contributed by atoms with Gasteiger partial charge in [-0.25, -0.2) is 4.98 Å². The summed E-state index contributed by atoms with van der Waals surface area (Å²) in [6.07, 6.45) is 6.11. The average Bonchev–Trinajstić information content (AvgIpc) is 2.85. The van der Waals surface area contributed by atoms with Crippen LogP contribution in [0.1, 0.15) is 46.8 Å². The first-order valence-electron chi connectivity index (χ1n) is 7.05. The van der Waals surface area contributed by atoms with Gasteiger partial charge in [-0.2, -0.15) is 0 Å². The molecule has 0 aliphatic heterocycles. The van der Waals surface area contributed by atoms with Gasteiger partial charge in [0.15, 0.2) is 0 Å². The van der Waals surface area contributed by atoms with Crippen molar-refractivity contribution in [2.45, 2.75) is 44.9 Å². The predicted octanol–water partition coefficient (Wildman–Crippen LogP) is 3.95. The van der Waals surface area contributed by atoms with E-state index in [-0.39, 0.29) is 0 Å².